The van der Waals surface area contributed by atoms with Crippen LogP contribution in [0.2, 0.25) is 0 Å². The smallest absolute Gasteiger partial charge is 0.227 e. The number of ether oxygens (including phenoxy) is 1. The number of morpholine rings is 1. The molecule has 3 nitrogen and oxygen atoms in total. The van der Waals surface area contributed by atoms with E-state index in [1.807, 2.05) is 17.9 Å². The van der Waals surface area contributed by atoms with Crippen molar-refractivity contribution in [3.8, 4) is 0 Å². The summed E-state index contributed by atoms with van der Waals surface area (Å²) >= 11 is 5.83. The Morgan fingerprint density at radius 2 is 2.15 bits per heavy atom. The first-order valence-electron chi connectivity index (χ1n) is 7.04. The standard InChI is InChI=1S/C16H22ClNO2/c1-11-4-5-14(6-12(11)2)7-16(19)18-9-15(8-17)20-10-13(18)3/h4-6,13,15H,7-10H2,1-3H3. The van der Waals surface area contributed by atoms with Crippen LogP contribution in [0, 0.1) is 13.8 Å². The molecule has 0 bridgehead atoms. The van der Waals surface area contributed by atoms with Crippen molar-refractivity contribution in [2.24, 2.45) is 0 Å². The van der Waals surface area contributed by atoms with E-state index in [9.17, 15) is 4.79 Å². The summed E-state index contributed by atoms with van der Waals surface area (Å²) in [5, 5.41) is 0. The average molecular weight is 296 g/mol. The van der Waals surface area contributed by atoms with Gasteiger partial charge >= 0.3 is 0 Å². The van der Waals surface area contributed by atoms with Gasteiger partial charge in [-0.15, -0.1) is 11.6 Å². The van der Waals surface area contributed by atoms with Crippen molar-refractivity contribution in [3.05, 3.63) is 34.9 Å². The number of nitrogens with zero attached hydrogens (tertiary/aromatic N) is 1. The Morgan fingerprint density at radius 1 is 1.40 bits per heavy atom. The van der Waals surface area contributed by atoms with E-state index >= 15 is 0 Å². The van der Waals surface area contributed by atoms with E-state index in [1.54, 1.807) is 0 Å². The maximum atomic E-state index is 12.5. The van der Waals surface area contributed by atoms with Crippen molar-refractivity contribution in [1.82, 2.24) is 4.90 Å². The monoisotopic (exact) mass is 295 g/mol. The highest BCUT2D eigenvalue weighted by molar-refractivity contribution is 6.18. The molecule has 1 aliphatic heterocycles. The Hall–Kier alpha value is -1.06. The lowest BCUT2D eigenvalue weighted by Gasteiger charge is -2.37. The Kier molecular flexibility index (Phi) is 5.06. The van der Waals surface area contributed by atoms with Crippen LogP contribution in [0.15, 0.2) is 18.2 Å². The molecule has 1 aliphatic rings. The number of rotatable bonds is 3. The van der Waals surface area contributed by atoms with Crippen LogP contribution in [0.5, 0.6) is 0 Å². The molecule has 0 saturated carbocycles. The summed E-state index contributed by atoms with van der Waals surface area (Å²) in [6.45, 7) is 7.33. The highest BCUT2D eigenvalue weighted by Gasteiger charge is 2.29. The predicted octanol–water partition coefficient (Wildman–Crippen LogP) is 2.70. The topological polar surface area (TPSA) is 29.5 Å². The van der Waals surface area contributed by atoms with Crippen LogP contribution in [0.3, 0.4) is 0 Å². The molecule has 2 unspecified atom stereocenters. The van der Waals surface area contributed by atoms with E-state index in [2.05, 4.69) is 26.0 Å². The van der Waals surface area contributed by atoms with E-state index in [4.69, 9.17) is 16.3 Å². The Labute approximate surface area is 125 Å². The molecule has 20 heavy (non-hydrogen) atoms. The van der Waals surface area contributed by atoms with Gasteiger partial charge in [0.1, 0.15) is 0 Å². The molecule has 2 atom stereocenters. The van der Waals surface area contributed by atoms with Crippen LogP contribution in [-0.2, 0) is 16.0 Å². The number of amides is 1. The zero-order chi connectivity index (χ0) is 14.7. The molecular formula is C16H22ClNO2. The summed E-state index contributed by atoms with van der Waals surface area (Å²) in [6.07, 6.45) is 0.400. The first-order valence-corrected chi connectivity index (χ1v) is 7.58. The zero-order valence-electron chi connectivity index (χ0n) is 12.4. The van der Waals surface area contributed by atoms with Crippen molar-refractivity contribution in [3.63, 3.8) is 0 Å². The van der Waals surface area contributed by atoms with Gasteiger partial charge in [-0.1, -0.05) is 18.2 Å². The van der Waals surface area contributed by atoms with E-state index in [0.29, 0.717) is 25.5 Å². The Balaban J connectivity index is 2.04. The van der Waals surface area contributed by atoms with Gasteiger partial charge in [0.2, 0.25) is 5.91 Å². The fourth-order valence-corrected chi connectivity index (χ4v) is 2.63. The Bertz CT molecular complexity index is 489. The summed E-state index contributed by atoms with van der Waals surface area (Å²) in [5.74, 6) is 0.583. The maximum Gasteiger partial charge on any atom is 0.227 e. The van der Waals surface area contributed by atoms with Gasteiger partial charge in [0, 0.05) is 6.54 Å². The molecule has 1 aromatic carbocycles. The summed E-state index contributed by atoms with van der Waals surface area (Å²) in [7, 11) is 0. The fourth-order valence-electron chi connectivity index (χ4n) is 2.45. The summed E-state index contributed by atoms with van der Waals surface area (Å²) in [4.78, 5) is 14.4. The van der Waals surface area contributed by atoms with Crippen LogP contribution in [-0.4, -0.2) is 42.0 Å². The third-order valence-corrected chi connectivity index (χ3v) is 4.27. The second kappa shape index (κ2) is 6.59. The van der Waals surface area contributed by atoms with Crippen LogP contribution >= 0.6 is 11.6 Å². The first kappa shape index (κ1) is 15.3. The number of hydrogen-bond acceptors (Lipinski definition) is 2. The van der Waals surface area contributed by atoms with Crippen molar-refractivity contribution < 1.29 is 9.53 Å². The van der Waals surface area contributed by atoms with Gasteiger partial charge in [0.15, 0.2) is 0 Å². The first-order chi connectivity index (χ1) is 9.51. The fraction of sp³-hybridized carbons (Fsp3) is 0.562. The van der Waals surface area contributed by atoms with Gasteiger partial charge in [-0.25, -0.2) is 0 Å². The lowest BCUT2D eigenvalue weighted by Crippen LogP contribution is -2.52. The van der Waals surface area contributed by atoms with Crippen molar-refractivity contribution in [2.75, 3.05) is 19.0 Å². The quantitative estimate of drug-likeness (QED) is 0.803. The highest BCUT2D eigenvalue weighted by atomic mass is 35.5. The zero-order valence-corrected chi connectivity index (χ0v) is 13.1. The van der Waals surface area contributed by atoms with Crippen molar-refractivity contribution in [2.45, 2.75) is 39.3 Å². The molecule has 0 N–H and O–H groups in total. The molecule has 1 heterocycles. The van der Waals surface area contributed by atoms with Crippen LogP contribution in [0.4, 0.5) is 0 Å². The molecule has 0 aromatic heterocycles. The second-order valence-electron chi connectivity index (χ2n) is 5.60. The van der Waals surface area contributed by atoms with E-state index in [-0.39, 0.29) is 18.1 Å². The van der Waals surface area contributed by atoms with Gasteiger partial charge in [-0.2, -0.15) is 0 Å². The molecule has 0 spiro atoms. The van der Waals surface area contributed by atoms with Crippen molar-refractivity contribution >= 4 is 17.5 Å². The number of aryl methyl sites for hydroxylation is 2. The minimum Gasteiger partial charge on any atom is -0.373 e. The summed E-state index contributed by atoms with van der Waals surface area (Å²) in [5.41, 5.74) is 3.55. The number of carbonyl (C=O) groups excluding carboxylic acids is 1. The van der Waals surface area contributed by atoms with Crippen LogP contribution in [0.25, 0.3) is 0 Å². The van der Waals surface area contributed by atoms with Gasteiger partial charge in [0.25, 0.3) is 0 Å². The third-order valence-electron chi connectivity index (χ3n) is 3.92. The molecule has 0 radical (unpaired) electrons. The van der Waals surface area contributed by atoms with Gasteiger partial charge < -0.3 is 9.64 Å². The van der Waals surface area contributed by atoms with Crippen molar-refractivity contribution in [1.29, 1.82) is 0 Å². The van der Waals surface area contributed by atoms with Gasteiger partial charge in [-0.3, -0.25) is 4.79 Å². The molecule has 4 heteroatoms. The number of benzene rings is 1. The molecule has 110 valence electrons. The van der Waals surface area contributed by atoms with E-state index < -0.39 is 0 Å². The molecule has 1 fully saturated rings. The van der Waals surface area contributed by atoms with E-state index in [1.165, 1.54) is 11.1 Å². The minimum absolute atomic E-state index is 0.0448. The molecular weight excluding hydrogens is 274 g/mol. The Morgan fingerprint density at radius 3 is 2.80 bits per heavy atom. The number of alkyl halides is 1. The predicted molar refractivity (Wildman–Crippen MR) is 81.3 cm³/mol. The van der Waals surface area contributed by atoms with Crippen LogP contribution in [0.1, 0.15) is 23.6 Å². The highest BCUT2D eigenvalue weighted by Crippen LogP contribution is 2.16. The summed E-state index contributed by atoms with van der Waals surface area (Å²) in [6, 6.07) is 6.32. The molecule has 2 rings (SSSR count). The lowest BCUT2D eigenvalue weighted by atomic mass is 10.0. The SMILES string of the molecule is Cc1ccc(CC(=O)N2CC(CCl)OCC2C)cc1C. The lowest BCUT2D eigenvalue weighted by molar-refractivity contribution is -0.142. The normalized spacial score (nSPS) is 22.9. The number of carbonyl (C=O) groups is 1. The molecule has 0 aliphatic carbocycles. The molecule has 1 amide bonds. The minimum atomic E-state index is -0.0448. The van der Waals surface area contributed by atoms with Gasteiger partial charge in [0.05, 0.1) is 31.1 Å². The average Bonchev–Trinajstić information content (AvgIpc) is 2.43. The van der Waals surface area contributed by atoms with E-state index in [0.717, 1.165) is 5.56 Å². The number of hydrogen-bond donors (Lipinski definition) is 0. The number of halogens is 1. The second-order valence-corrected chi connectivity index (χ2v) is 5.91. The largest absolute Gasteiger partial charge is 0.373 e. The molecule has 1 saturated heterocycles. The molecule has 1 aromatic rings. The maximum absolute atomic E-state index is 12.5. The summed E-state index contributed by atoms with van der Waals surface area (Å²) < 4.78 is 5.58. The van der Waals surface area contributed by atoms with Gasteiger partial charge in [-0.05, 0) is 37.5 Å². The third kappa shape index (κ3) is 3.53. The van der Waals surface area contributed by atoms with Crippen LogP contribution < -0.4 is 0 Å².